The molecule has 0 aliphatic carbocycles. The number of para-hydroxylation sites is 1. The minimum atomic E-state index is -1.04. The maximum atomic E-state index is 12.6. The second kappa shape index (κ2) is 6.37. The van der Waals surface area contributed by atoms with Gasteiger partial charge < -0.3 is 10.0 Å². The number of benzene rings is 2. The molecule has 0 aliphatic heterocycles. The van der Waals surface area contributed by atoms with Gasteiger partial charge in [-0.2, -0.15) is 5.10 Å². The molecule has 0 aliphatic rings. The fraction of sp³-hybridized carbons (Fsp3) is 0.0556. The van der Waals surface area contributed by atoms with Gasteiger partial charge in [0.15, 0.2) is 5.69 Å². The molecule has 120 valence electrons. The van der Waals surface area contributed by atoms with Gasteiger partial charge in [0.05, 0.1) is 11.3 Å². The second-order valence-electron chi connectivity index (χ2n) is 5.20. The third-order valence-corrected chi connectivity index (χ3v) is 3.61. The number of aromatic nitrogens is 2. The normalized spacial score (nSPS) is 10.4. The van der Waals surface area contributed by atoms with Gasteiger partial charge in [0, 0.05) is 18.9 Å². The fourth-order valence-electron chi connectivity index (χ4n) is 2.30. The standard InChI is InChI=1S/C18H15N3O3/c1-20(15-9-5-6-13(12-15)18(23)24)17(22)16-10-11-21(19-16)14-7-3-2-4-8-14/h2-12H,1H3,(H,23,24). The van der Waals surface area contributed by atoms with Gasteiger partial charge in [-0.05, 0) is 36.4 Å². The van der Waals surface area contributed by atoms with Crippen molar-refractivity contribution in [3.05, 3.63) is 78.1 Å². The van der Waals surface area contributed by atoms with Crippen LogP contribution in [0, 0.1) is 0 Å². The number of aromatic carboxylic acids is 1. The van der Waals surface area contributed by atoms with Crippen LogP contribution in [0.25, 0.3) is 5.69 Å². The molecule has 0 unspecified atom stereocenters. The molecule has 1 amide bonds. The van der Waals surface area contributed by atoms with E-state index in [1.54, 1.807) is 36.1 Å². The van der Waals surface area contributed by atoms with Gasteiger partial charge in [-0.1, -0.05) is 24.3 Å². The molecule has 0 bridgehead atoms. The van der Waals surface area contributed by atoms with Crippen molar-refractivity contribution in [2.45, 2.75) is 0 Å². The minimum Gasteiger partial charge on any atom is -0.478 e. The van der Waals surface area contributed by atoms with Crippen LogP contribution >= 0.6 is 0 Å². The largest absolute Gasteiger partial charge is 0.478 e. The number of carboxylic acids is 1. The van der Waals surface area contributed by atoms with Crippen LogP contribution in [0.5, 0.6) is 0 Å². The highest BCUT2D eigenvalue weighted by molar-refractivity contribution is 6.05. The predicted octanol–water partition coefficient (Wildman–Crippen LogP) is 2.85. The number of hydrogen-bond acceptors (Lipinski definition) is 3. The van der Waals surface area contributed by atoms with Gasteiger partial charge in [0.1, 0.15) is 0 Å². The van der Waals surface area contributed by atoms with Crippen molar-refractivity contribution in [1.29, 1.82) is 0 Å². The van der Waals surface area contributed by atoms with Crippen molar-refractivity contribution < 1.29 is 14.7 Å². The molecule has 0 fully saturated rings. The summed E-state index contributed by atoms with van der Waals surface area (Å²) < 4.78 is 1.62. The lowest BCUT2D eigenvalue weighted by molar-refractivity contribution is 0.0696. The Kier molecular flexibility index (Phi) is 4.11. The lowest BCUT2D eigenvalue weighted by Crippen LogP contribution is -2.27. The maximum Gasteiger partial charge on any atom is 0.335 e. The summed E-state index contributed by atoms with van der Waals surface area (Å²) in [5.41, 5.74) is 1.75. The number of carboxylic acid groups (broad SMARTS) is 1. The first-order valence-electron chi connectivity index (χ1n) is 7.29. The fourth-order valence-corrected chi connectivity index (χ4v) is 2.30. The molecular formula is C18H15N3O3. The molecule has 24 heavy (non-hydrogen) atoms. The molecule has 0 spiro atoms. The Balaban J connectivity index is 1.85. The third-order valence-electron chi connectivity index (χ3n) is 3.61. The molecule has 0 atom stereocenters. The van der Waals surface area contributed by atoms with E-state index in [1.165, 1.54) is 17.0 Å². The summed E-state index contributed by atoms with van der Waals surface area (Å²) in [6.07, 6.45) is 1.71. The summed E-state index contributed by atoms with van der Waals surface area (Å²) in [6.45, 7) is 0. The first-order valence-corrected chi connectivity index (χ1v) is 7.29. The molecule has 3 aromatic rings. The number of rotatable bonds is 4. The zero-order valence-corrected chi connectivity index (χ0v) is 13.0. The number of carbonyl (C=O) groups is 2. The topological polar surface area (TPSA) is 75.4 Å². The van der Waals surface area contributed by atoms with Gasteiger partial charge in [0.25, 0.3) is 5.91 Å². The smallest absolute Gasteiger partial charge is 0.335 e. The Morgan fingerprint density at radius 3 is 2.50 bits per heavy atom. The van der Waals surface area contributed by atoms with E-state index in [9.17, 15) is 9.59 Å². The summed E-state index contributed by atoms with van der Waals surface area (Å²) in [4.78, 5) is 25.0. The van der Waals surface area contributed by atoms with Gasteiger partial charge >= 0.3 is 5.97 Å². The average Bonchev–Trinajstić information content (AvgIpc) is 3.11. The Morgan fingerprint density at radius 1 is 1.04 bits per heavy atom. The first kappa shape index (κ1) is 15.5. The maximum absolute atomic E-state index is 12.6. The molecule has 0 saturated carbocycles. The Hall–Kier alpha value is -3.41. The van der Waals surface area contributed by atoms with Gasteiger partial charge in [0.2, 0.25) is 0 Å². The van der Waals surface area contributed by atoms with Gasteiger partial charge in [-0.15, -0.1) is 0 Å². The molecular weight excluding hydrogens is 306 g/mol. The lowest BCUT2D eigenvalue weighted by Gasteiger charge is -2.16. The molecule has 3 rings (SSSR count). The Bertz CT molecular complexity index is 887. The van der Waals surface area contributed by atoms with Crippen molar-refractivity contribution in [1.82, 2.24) is 9.78 Å². The zero-order chi connectivity index (χ0) is 17.1. The van der Waals surface area contributed by atoms with Crippen LogP contribution in [0.15, 0.2) is 66.9 Å². The molecule has 1 heterocycles. The SMILES string of the molecule is CN(C(=O)c1ccn(-c2ccccc2)n1)c1cccc(C(=O)O)c1. The zero-order valence-electron chi connectivity index (χ0n) is 13.0. The monoisotopic (exact) mass is 321 g/mol. The second-order valence-corrected chi connectivity index (χ2v) is 5.20. The number of hydrogen-bond donors (Lipinski definition) is 1. The Morgan fingerprint density at radius 2 is 1.79 bits per heavy atom. The highest BCUT2D eigenvalue weighted by Gasteiger charge is 2.17. The van der Waals surface area contributed by atoms with Crippen LogP contribution in [0.3, 0.4) is 0 Å². The van der Waals surface area contributed by atoms with Crippen LogP contribution in [0.2, 0.25) is 0 Å². The van der Waals surface area contributed by atoms with E-state index in [-0.39, 0.29) is 17.2 Å². The quantitative estimate of drug-likeness (QED) is 0.802. The van der Waals surface area contributed by atoms with E-state index >= 15 is 0 Å². The molecule has 6 nitrogen and oxygen atoms in total. The van der Waals surface area contributed by atoms with Crippen molar-refractivity contribution in [3.63, 3.8) is 0 Å². The van der Waals surface area contributed by atoms with Crippen LogP contribution in [-0.2, 0) is 0 Å². The highest BCUT2D eigenvalue weighted by atomic mass is 16.4. The first-order chi connectivity index (χ1) is 11.6. The summed E-state index contributed by atoms with van der Waals surface area (Å²) in [5.74, 6) is -1.35. The van der Waals surface area contributed by atoms with Crippen LogP contribution in [0.4, 0.5) is 5.69 Å². The highest BCUT2D eigenvalue weighted by Crippen LogP contribution is 2.17. The predicted molar refractivity (Wildman–Crippen MR) is 89.7 cm³/mol. The summed E-state index contributed by atoms with van der Waals surface area (Å²) in [5, 5.41) is 13.4. The molecule has 1 aromatic heterocycles. The van der Waals surface area contributed by atoms with Crippen molar-refractivity contribution >= 4 is 17.6 Å². The molecule has 2 aromatic carbocycles. The van der Waals surface area contributed by atoms with Crippen molar-refractivity contribution in [3.8, 4) is 5.69 Å². The molecule has 0 saturated heterocycles. The van der Waals surface area contributed by atoms with Gasteiger partial charge in [-0.3, -0.25) is 4.79 Å². The summed E-state index contributed by atoms with van der Waals surface area (Å²) >= 11 is 0. The van der Waals surface area contributed by atoms with Crippen LogP contribution < -0.4 is 4.90 Å². The number of carbonyl (C=O) groups excluding carboxylic acids is 1. The van der Waals surface area contributed by atoms with Crippen LogP contribution in [-0.4, -0.2) is 33.8 Å². The van der Waals surface area contributed by atoms with E-state index in [2.05, 4.69) is 5.10 Å². The molecule has 1 N–H and O–H groups in total. The van der Waals surface area contributed by atoms with E-state index in [0.717, 1.165) is 5.69 Å². The third kappa shape index (κ3) is 3.03. The summed E-state index contributed by atoms with van der Waals surface area (Å²) in [6, 6.07) is 17.3. The number of anilines is 1. The van der Waals surface area contributed by atoms with E-state index in [4.69, 9.17) is 5.11 Å². The number of nitrogens with zero attached hydrogens (tertiary/aromatic N) is 3. The van der Waals surface area contributed by atoms with Crippen molar-refractivity contribution in [2.24, 2.45) is 0 Å². The van der Waals surface area contributed by atoms with E-state index in [0.29, 0.717) is 5.69 Å². The number of amides is 1. The minimum absolute atomic E-state index is 0.127. The Labute approximate surface area is 138 Å². The average molecular weight is 321 g/mol. The van der Waals surface area contributed by atoms with Crippen molar-refractivity contribution in [2.75, 3.05) is 11.9 Å². The van der Waals surface area contributed by atoms with Crippen LogP contribution in [0.1, 0.15) is 20.8 Å². The van der Waals surface area contributed by atoms with Gasteiger partial charge in [-0.25, -0.2) is 9.48 Å². The van der Waals surface area contributed by atoms with E-state index in [1.807, 2.05) is 30.3 Å². The molecule has 6 heteroatoms. The lowest BCUT2D eigenvalue weighted by atomic mass is 10.2. The van der Waals surface area contributed by atoms with E-state index < -0.39 is 5.97 Å². The summed E-state index contributed by atoms with van der Waals surface area (Å²) in [7, 11) is 1.59. The molecule has 0 radical (unpaired) electrons.